The monoisotopic (exact) mass is 390 g/mol. The highest BCUT2D eigenvalue weighted by atomic mass is 79.9. The van der Waals surface area contributed by atoms with Gasteiger partial charge >= 0.3 is 0 Å². The Morgan fingerprint density at radius 2 is 1.85 bits per heavy atom. The first kappa shape index (κ1) is 14.1. The molecule has 0 atom stereocenters. The van der Waals surface area contributed by atoms with E-state index in [1.807, 2.05) is 0 Å². The molecule has 0 spiro atoms. The average molecular weight is 392 g/mol. The zero-order valence-electron chi connectivity index (χ0n) is 9.75. The molecule has 1 N–H and O–H groups in total. The van der Waals surface area contributed by atoms with E-state index in [0.29, 0.717) is 20.9 Å². The van der Waals surface area contributed by atoms with Crippen molar-refractivity contribution in [2.75, 3.05) is 5.32 Å². The number of nitrogens with one attached hydrogen (secondary N) is 1. The Balaban J connectivity index is 2.01. The Labute approximate surface area is 136 Å². The largest absolute Gasteiger partial charge is 0.329 e. The van der Waals surface area contributed by atoms with Crippen LogP contribution in [-0.2, 0) is 0 Å². The molecule has 2 aromatic carbocycles. The summed E-state index contributed by atoms with van der Waals surface area (Å²) in [6.45, 7) is 0. The van der Waals surface area contributed by atoms with Gasteiger partial charge in [0.1, 0.15) is 5.82 Å². The SMILES string of the molecule is Fc1ccc2nc(Nc3c(Cl)cc(Br)cc3Cl)sc2c1. The number of rotatable bonds is 2. The molecule has 0 radical (unpaired) electrons. The van der Waals surface area contributed by atoms with Gasteiger partial charge in [-0.2, -0.15) is 0 Å². The van der Waals surface area contributed by atoms with E-state index < -0.39 is 0 Å². The maximum absolute atomic E-state index is 13.2. The van der Waals surface area contributed by atoms with Crippen molar-refractivity contribution in [2.24, 2.45) is 0 Å². The molecular weight excluding hydrogens is 386 g/mol. The molecule has 0 aliphatic rings. The standard InChI is InChI=1S/C13H6BrCl2FN2S/c14-6-3-8(15)12(9(16)4-6)19-13-18-10-2-1-7(17)5-11(10)20-13/h1-5H,(H,18,19). The minimum Gasteiger partial charge on any atom is -0.329 e. The number of hydrogen-bond donors (Lipinski definition) is 1. The van der Waals surface area contributed by atoms with E-state index in [4.69, 9.17) is 23.2 Å². The van der Waals surface area contributed by atoms with E-state index in [1.54, 1.807) is 18.2 Å². The number of hydrogen-bond acceptors (Lipinski definition) is 3. The summed E-state index contributed by atoms with van der Waals surface area (Å²) in [6.07, 6.45) is 0. The third-order valence-electron chi connectivity index (χ3n) is 2.59. The lowest BCUT2D eigenvalue weighted by molar-refractivity contribution is 0.630. The van der Waals surface area contributed by atoms with E-state index in [0.717, 1.165) is 14.7 Å². The maximum atomic E-state index is 13.2. The van der Waals surface area contributed by atoms with Crippen LogP contribution >= 0.6 is 50.5 Å². The average Bonchev–Trinajstić information content (AvgIpc) is 2.75. The number of benzene rings is 2. The molecule has 0 fully saturated rings. The van der Waals surface area contributed by atoms with Crippen molar-refractivity contribution in [3.63, 3.8) is 0 Å². The second kappa shape index (κ2) is 5.48. The van der Waals surface area contributed by atoms with Crippen molar-refractivity contribution in [2.45, 2.75) is 0 Å². The normalized spacial score (nSPS) is 11.0. The molecule has 102 valence electrons. The molecule has 0 aliphatic heterocycles. The van der Waals surface area contributed by atoms with Crippen molar-refractivity contribution in [1.29, 1.82) is 0 Å². The van der Waals surface area contributed by atoms with Crippen molar-refractivity contribution in [3.8, 4) is 0 Å². The van der Waals surface area contributed by atoms with Crippen LogP contribution in [0.25, 0.3) is 10.2 Å². The summed E-state index contributed by atoms with van der Waals surface area (Å²) >= 11 is 17.0. The summed E-state index contributed by atoms with van der Waals surface area (Å²) in [6, 6.07) is 7.94. The molecule has 0 saturated carbocycles. The third-order valence-corrected chi connectivity index (χ3v) is 4.58. The highest BCUT2D eigenvalue weighted by molar-refractivity contribution is 9.10. The van der Waals surface area contributed by atoms with Crippen LogP contribution in [0.2, 0.25) is 10.0 Å². The summed E-state index contributed by atoms with van der Waals surface area (Å²) in [7, 11) is 0. The lowest BCUT2D eigenvalue weighted by atomic mass is 10.3. The summed E-state index contributed by atoms with van der Waals surface area (Å²) in [4.78, 5) is 4.37. The van der Waals surface area contributed by atoms with Gasteiger partial charge in [-0.1, -0.05) is 50.5 Å². The van der Waals surface area contributed by atoms with Crippen molar-refractivity contribution >= 4 is 71.5 Å². The highest BCUT2D eigenvalue weighted by Gasteiger charge is 2.11. The van der Waals surface area contributed by atoms with Gasteiger partial charge in [0.15, 0.2) is 5.13 Å². The Hall–Kier alpha value is -0.880. The van der Waals surface area contributed by atoms with Crippen LogP contribution < -0.4 is 5.32 Å². The number of thiazole rings is 1. The number of halogens is 4. The van der Waals surface area contributed by atoms with Crippen LogP contribution in [0.15, 0.2) is 34.8 Å². The number of nitrogens with zero attached hydrogens (tertiary/aromatic N) is 1. The molecule has 1 heterocycles. The molecule has 0 unspecified atom stereocenters. The van der Waals surface area contributed by atoms with E-state index in [-0.39, 0.29) is 5.82 Å². The Kier molecular flexibility index (Phi) is 3.86. The predicted molar refractivity (Wildman–Crippen MR) is 87.0 cm³/mol. The van der Waals surface area contributed by atoms with E-state index >= 15 is 0 Å². The molecular formula is C13H6BrCl2FN2S. The van der Waals surface area contributed by atoms with Crippen LogP contribution in [0.1, 0.15) is 0 Å². The first-order valence-corrected chi connectivity index (χ1v) is 7.87. The van der Waals surface area contributed by atoms with Gasteiger partial charge in [-0.25, -0.2) is 9.37 Å². The molecule has 2 nitrogen and oxygen atoms in total. The van der Waals surface area contributed by atoms with Crippen LogP contribution in [0.4, 0.5) is 15.2 Å². The van der Waals surface area contributed by atoms with Gasteiger partial charge in [0.05, 0.1) is 25.9 Å². The molecule has 1 aromatic heterocycles. The second-order valence-electron chi connectivity index (χ2n) is 4.00. The van der Waals surface area contributed by atoms with Gasteiger partial charge in [0, 0.05) is 4.47 Å². The molecule has 20 heavy (non-hydrogen) atoms. The first-order valence-electron chi connectivity index (χ1n) is 5.50. The van der Waals surface area contributed by atoms with Crippen LogP contribution in [-0.4, -0.2) is 4.98 Å². The van der Waals surface area contributed by atoms with E-state index in [9.17, 15) is 4.39 Å². The number of aromatic nitrogens is 1. The fourth-order valence-electron chi connectivity index (χ4n) is 1.72. The molecule has 3 rings (SSSR count). The van der Waals surface area contributed by atoms with Crippen LogP contribution in [0.5, 0.6) is 0 Å². The first-order chi connectivity index (χ1) is 9.52. The van der Waals surface area contributed by atoms with Gasteiger partial charge in [-0.3, -0.25) is 0 Å². The van der Waals surface area contributed by atoms with Gasteiger partial charge in [-0.05, 0) is 30.3 Å². The van der Waals surface area contributed by atoms with Gasteiger partial charge in [0.2, 0.25) is 0 Å². The Morgan fingerprint density at radius 3 is 2.55 bits per heavy atom. The summed E-state index contributed by atoms with van der Waals surface area (Å²) in [5.74, 6) is -0.285. The molecule has 0 aliphatic carbocycles. The van der Waals surface area contributed by atoms with Crippen LogP contribution in [0, 0.1) is 5.82 Å². The third kappa shape index (κ3) is 2.76. The predicted octanol–water partition coefficient (Wildman–Crippen LogP) is 6.25. The Bertz CT molecular complexity index is 783. The summed E-state index contributed by atoms with van der Waals surface area (Å²) in [5.41, 5.74) is 1.30. The fourth-order valence-corrected chi connectivity index (χ4v) is 3.92. The van der Waals surface area contributed by atoms with Crippen molar-refractivity contribution in [1.82, 2.24) is 4.98 Å². The van der Waals surface area contributed by atoms with E-state index in [1.165, 1.54) is 23.5 Å². The molecule has 0 amide bonds. The van der Waals surface area contributed by atoms with Crippen molar-refractivity contribution in [3.05, 3.63) is 50.7 Å². The fraction of sp³-hybridized carbons (Fsp3) is 0. The minimum absolute atomic E-state index is 0.285. The maximum Gasteiger partial charge on any atom is 0.188 e. The summed E-state index contributed by atoms with van der Waals surface area (Å²) in [5, 5.41) is 4.65. The lowest BCUT2D eigenvalue weighted by Gasteiger charge is -2.08. The Morgan fingerprint density at radius 1 is 1.15 bits per heavy atom. The highest BCUT2D eigenvalue weighted by Crippen LogP contribution is 2.37. The number of fused-ring (bicyclic) bond motifs is 1. The summed E-state index contributed by atoms with van der Waals surface area (Å²) < 4.78 is 14.7. The molecule has 3 aromatic rings. The van der Waals surface area contributed by atoms with Gasteiger partial charge < -0.3 is 5.32 Å². The number of anilines is 2. The molecule has 7 heteroatoms. The van der Waals surface area contributed by atoms with Crippen LogP contribution in [0.3, 0.4) is 0 Å². The van der Waals surface area contributed by atoms with Crippen molar-refractivity contribution < 1.29 is 4.39 Å². The minimum atomic E-state index is -0.285. The second-order valence-corrected chi connectivity index (χ2v) is 6.76. The molecule has 0 bridgehead atoms. The topological polar surface area (TPSA) is 24.9 Å². The molecule has 0 saturated heterocycles. The zero-order chi connectivity index (χ0) is 14.3. The quantitative estimate of drug-likeness (QED) is 0.558. The van der Waals surface area contributed by atoms with E-state index in [2.05, 4.69) is 26.2 Å². The van der Waals surface area contributed by atoms with Gasteiger partial charge in [-0.15, -0.1) is 0 Å². The smallest absolute Gasteiger partial charge is 0.188 e. The lowest BCUT2D eigenvalue weighted by Crippen LogP contribution is -1.91. The van der Waals surface area contributed by atoms with Gasteiger partial charge in [0.25, 0.3) is 0 Å². The zero-order valence-corrected chi connectivity index (χ0v) is 13.7.